The molecular formula is C14H19N5O2. The highest BCUT2D eigenvalue weighted by atomic mass is 16.5. The highest BCUT2D eigenvalue weighted by molar-refractivity contribution is 5.96. The summed E-state index contributed by atoms with van der Waals surface area (Å²) in [7, 11) is 0. The van der Waals surface area contributed by atoms with Crippen molar-refractivity contribution in [1.82, 2.24) is 20.4 Å². The standard InChI is InChI=1S/C14H19N5O2/c1-7(2)13-16-6-11(15)12(18-13)14(20)17-5-10-8(3)19-21-9(10)4/h6-7H,5,15H2,1-4H3,(H,17,20). The molecule has 0 fully saturated rings. The summed E-state index contributed by atoms with van der Waals surface area (Å²) in [5.41, 5.74) is 7.85. The Hall–Kier alpha value is -2.44. The number of rotatable bonds is 4. The normalized spacial score (nSPS) is 10.9. The summed E-state index contributed by atoms with van der Waals surface area (Å²) in [4.78, 5) is 20.6. The van der Waals surface area contributed by atoms with Gasteiger partial charge in [0.2, 0.25) is 0 Å². The van der Waals surface area contributed by atoms with E-state index in [-0.39, 0.29) is 23.2 Å². The van der Waals surface area contributed by atoms with Crippen molar-refractivity contribution in [2.45, 2.75) is 40.2 Å². The minimum atomic E-state index is -0.336. The van der Waals surface area contributed by atoms with E-state index in [1.807, 2.05) is 20.8 Å². The van der Waals surface area contributed by atoms with Crippen LogP contribution < -0.4 is 11.1 Å². The fraction of sp³-hybridized carbons (Fsp3) is 0.429. The van der Waals surface area contributed by atoms with E-state index in [0.717, 1.165) is 11.3 Å². The number of anilines is 1. The quantitative estimate of drug-likeness (QED) is 0.887. The number of aryl methyl sites for hydroxylation is 2. The van der Waals surface area contributed by atoms with Crippen LogP contribution in [-0.4, -0.2) is 21.0 Å². The van der Waals surface area contributed by atoms with Crippen molar-refractivity contribution in [1.29, 1.82) is 0 Å². The van der Waals surface area contributed by atoms with Gasteiger partial charge in [-0.25, -0.2) is 9.97 Å². The topological polar surface area (TPSA) is 107 Å². The molecule has 0 radical (unpaired) electrons. The van der Waals surface area contributed by atoms with Crippen molar-refractivity contribution in [2.75, 3.05) is 5.73 Å². The van der Waals surface area contributed by atoms with Crippen molar-refractivity contribution in [3.63, 3.8) is 0 Å². The molecule has 112 valence electrons. The van der Waals surface area contributed by atoms with Crippen LogP contribution in [0, 0.1) is 13.8 Å². The maximum absolute atomic E-state index is 12.2. The lowest BCUT2D eigenvalue weighted by molar-refractivity contribution is 0.0946. The average Bonchev–Trinajstić information content (AvgIpc) is 2.75. The molecule has 0 aromatic carbocycles. The molecule has 0 bridgehead atoms. The lowest BCUT2D eigenvalue weighted by atomic mass is 10.2. The average molecular weight is 289 g/mol. The highest BCUT2D eigenvalue weighted by Gasteiger charge is 2.16. The van der Waals surface area contributed by atoms with E-state index in [4.69, 9.17) is 10.3 Å². The minimum Gasteiger partial charge on any atom is -0.396 e. The number of nitrogen functional groups attached to an aromatic ring is 1. The molecule has 0 spiro atoms. The third-order valence-electron chi connectivity index (χ3n) is 3.17. The fourth-order valence-electron chi connectivity index (χ4n) is 1.87. The van der Waals surface area contributed by atoms with Crippen LogP contribution in [0.2, 0.25) is 0 Å². The van der Waals surface area contributed by atoms with Gasteiger partial charge in [0, 0.05) is 18.0 Å². The Kier molecular flexibility index (Phi) is 4.21. The van der Waals surface area contributed by atoms with Gasteiger partial charge in [-0.1, -0.05) is 19.0 Å². The largest absolute Gasteiger partial charge is 0.396 e. The number of hydrogen-bond donors (Lipinski definition) is 2. The molecule has 2 aromatic rings. The first-order valence-corrected chi connectivity index (χ1v) is 6.72. The Morgan fingerprint density at radius 1 is 1.43 bits per heavy atom. The van der Waals surface area contributed by atoms with Gasteiger partial charge in [0.25, 0.3) is 5.91 Å². The highest BCUT2D eigenvalue weighted by Crippen LogP contribution is 2.15. The van der Waals surface area contributed by atoms with Crippen LogP contribution in [0.1, 0.15) is 53.1 Å². The third-order valence-corrected chi connectivity index (χ3v) is 3.17. The molecule has 2 heterocycles. The lowest BCUT2D eigenvalue weighted by Gasteiger charge is -2.09. The number of aromatic nitrogens is 3. The van der Waals surface area contributed by atoms with Crippen molar-refractivity contribution in [2.24, 2.45) is 0 Å². The Labute approximate surface area is 122 Å². The molecule has 1 amide bonds. The molecule has 21 heavy (non-hydrogen) atoms. The van der Waals surface area contributed by atoms with Crippen LogP contribution in [0.4, 0.5) is 5.69 Å². The number of nitrogens with two attached hydrogens (primary N) is 1. The van der Waals surface area contributed by atoms with Crippen LogP contribution in [0.25, 0.3) is 0 Å². The van der Waals surface area contributed by atoms with E-state index in [1.54, 1.807) is 6.92 Å². The molecule has 0 aliphatic carbocycles. The van der Waals surface area contributed by atoms with E-state index in [2.05, 4.69) is 20.4 Å². The molecule has 3 N–H and O–H groups in total. The molecule has 0 atom stereocenters. The monoisotopic (exact) mass is 289 g/mol. The molecule has 0 aliphatic rings. The number of carbonyl (C=O) groups is 1. The van der Waals surface area contributed by atoms with Crippen molar-refractivity contribution in [3.05, 3.63) is 34.7 Å². The van der Waals surface area contributed by atoms with Gasteiger partial charge >= 0.3 is 0 Å². The second-order valence-corrected chi connectivity index (χ2v) is 5.17. The molecule has 0 saturated heterocycles. The van der Waals surface area contributed by atoms with E-state index in [0.29, 0.717) is 18.1 Å². The SMILES string of the molecule is Cc1noc(C)c1CNC(=O)c1nc(C(C)C)ncc1N. The Morgan fingerprint density at radius 2 is 2.14 bits per heavy atom. The Morgan fingerprint density at radius 3 is 2.71 bits per heavy atom. The smallest absolute Gasteiger partial charge is 0.272 e. The van der Waals surface area contributed by atoms with Gasteiger partial charge in [-0.15, -0.1) is 0 Å². The number of nitrogens with zero attached hydrogens (tertiary/aromatic N) is 3. The van der Waals surface area contributed by atoms with Gasteiger partial charge in [0.05, 0.1) is 17.6 Å². The molecular weight excluding hydrogens is 270 g/mol. The van der Waals surface area contributed by atoms with Crippen LogP contribution >= 0.6 is 0 Å². The summed E-state index contributed by atoms with van der Waals surface area (Å²) in [6, 6.07) is 0. The minimum absolute atomic E-state index is 0.125. The van der Waals surface area contributed by atoms with E-state index >= 15 is 0 Å². The van der Waals surface area contributed by atoms with Gasteiger partial charge in [-0.3, -0.25) is 4.79 Å². The van der Waals surface area contributed by atoms with Crippen molar-refractivity contribution in [3.8, 4) is 0 Å². The van der Waals surface area contributed by atoms with Gasteiger partial charge in [-0.2, -0.15) is 0 Å². The zero-order valence-corrected chi connectivity index (χ0v) is 12.6. The van der Waals surface area contributed by atoms with Crippen molar-refractivity contribution >= 4 is 11.6 Å². The summed E-state index contributed by atoms with van der Waals surface area (Å²) >= 11 is 0. The summed E-state index contributed by atoms with van der Waals surface area (Å²) in [6.07, 6.45) is 1.47. The maximum atomic E-state index is 12.2. The Bertz CT molecular complexity index is 644. The zero-order chi connectivity index (χ0) is 15.6. The van der Waals surface area contributed by atoms with Crippen LogP contribution in [-0.2, 0) is 6.54 Å². The number of hydrogen-bond acceptors (Lipinski definition) is 6. The first kappa shape index (κ1) is 15.0. The van der Waals surface area contributed by atoms with Gasteiger partial charge in [0.15, 0.2) is 5.69 Å². The molecule has 0 aliphatic heterocycles. The molecule has 0 saturated carbocycles. The second-order valence-electron chi connectivity index (χ2n) is 5.17. The van der Waals surface area contributed by atoms with Crippen LogP contribution in [0.5, 0.6) is 0 Å². The molecule has 2 aromatic heterocycles. The lowest BCUT2D eigenvalue weighted by Crippen LogP contribution is -2.26. The summed E-state index contributed by atoms with van der Waals surface area (Å²) in [5.74, 6) is 1.06. The number of carbonyl (C=O) groups excluding carboxylic acids is 1. The van der Waals surface area contributed by atoms with Gasteiger partial charge < -0.3 is 15.6 Å². The summed E-state index contributed by atoms with van der Waals surface area (Å²) < 4.78 is 5.06. The first-order chi connectivity index (χ1) is 9.90. The molecule has 7 heteroatoms. The zero-order valence-electron chi connectivity index (χ0n) is 12.6. The molecule has 7 nitrogen and oxygen atoms in total. The second kappa shape index (κ2) is 5.90. The number of nitrogens with one attached hydrogen (secondary N) is 1. The van der Waals surface area contributed by atoms with Crippen LogP contribution in [0.15, 0.2) is 10.7 Å². The Balaban J connectivity index is 2.15. The molecule has 0 unspecified atom stereocenters. The third kappa shape index (κ3) is 3.18. The number of amides is 1. The predicted molar refractivity (Wildman–Crippen MR) is 77.7 cm³/mol. The predicted octanol–water partition coefficient (Wildman–Crippen LogP) is 1.72. The van der Waals surface area contributed by atoms with E-state index in [1.165, 1.54) is 6.20 Å². The van der Waals surface area contributed by atoms with Gasteiger partial charge in [0.1, 0.15) is 11.6 Å². The van der Waals surface area contributed by atoms with E-state index in [9.17, 15) is 4.79 Å². The first-order valence-electron chi connectivity index (χ1n) is 6.72. The fourth-order valence-corrected chi connectivity index (χ4v) is 1.87. The molecule has 2 rings (SSSR count). The van der Waals surface area contributed by atoms with Crippen LogP contribution in [0.3, 0.4) is 0 Å². The van der Waals surface area contributed by atoms with Crippen molar-refractivity contribution < 1.29 is 9.32 Å². The van der Waals surface area contributed by atoms with E-state index < -0.39 is 0 Å². The maximum Gasteiger partial charge on any atom is 0.272 e. The van der Waals surface area contributed by atoms with Gasteiger partial charge in [-0.05, 0) is 13.8 Å². The summed E-state index contributed by atoms with van der Waals surface area (Å²) in [6.45, 7) is 7.86. The summed E-state index contributed by atoms with van der Waals surface area (Å²) in [5, 5.41) is 6.63.